The molecule has 0 aliphatic carbocycles. The Labute approximate surface area is 147 Å². The summed E-state index contributed by atoms with van der Waals surface area (Å²) >= 11 is 5.85. The van der Waals surface area contributed by atoms with E-state index in [4.69, 9.17) is 11.6 Å². The number of nitrogens with zero attached hydrogens (tertiary/aromatic N) is 4. The number of carbonyl (C=O) groups excluding carboxylic acids is 1. The van der Waals surface area contributed by atoms with Crippen LogP contribution in [0.5, 0.6) is 0 Å². The SMILES string of the molecule is O=C(Cn1cc(-c2ccc(Cl)cc2)nn1)Nc1ccc([N+](=O)[O-])cc1. The molecule has 9 heteroatoms. The maximum Gasteiger partial charge on any atom is 0.269 e. The summed E-state index contributed by atoms with van der Waals surface area (Å²) < 4.78 is 1.41. The summed E-state index contributed by atoms with van der Waals surface area (Å²) in [5.41, 5.74) is 1.89. The molecule has 3 rings (SSSR count). The van der Waals surface area contributed by atoms with Crippen LogP contribution in [-0.2, 0) is 11.3 Å². The highest BCUT2D eigenvalue weighted by atomic mass is 35.5. The second-order valence-corrected chi connectivity index (χ2v) is 5.60. The first-order valence-electron chi connectivity index (χ1n) is 7.21. The number of nitro groups is 1. The van der Waals surface area contributed by atoms with Crippen molar-refractivity contribution in [3.63, 3.8) is 0 Å². The third-order valence-corrected chi connectivity index (χ3v) is 3.60. The maximum atomic E-state index is 12.0. The minimum atomic E-state index is -0.501. The number of rotatable bonds is 5. The summed E-state index contributed by atoms with van der Waals surface area (Å²) in [5.74, 6) is -0.318. The van der Waals surface area contributed by atoms with E-state index in [1.165, 1.54) is 28.9 Å². The van der Waals surface area contributed by atoms with E-state index in [1.807, 2.05) is 12.1 Å². The second-order valence-electron chi connectivity index (χ2n) is 5.16. The van der Waals surface area contributed by atoms with Crippen LogP contribution in [-0.4, -0.2) is 25.8 Å². The molecule has 2 aromatic carbocycles. The minimum Gasteiger partial charge on any atom is -0.324 e. The van der Waals surface area contributed by atoms with E-state index < -0.39 is 4.92 Å². The fraction of sp³-hybridized carbons (Fsp3) is 0.0625. The lowest BCUT2D eigenvalue weighted by Gasteiger charge is -2.04. The van der Waals surface area contributed by atoms with Gasteiger partial charge in [-0.2, -0.15) is 0 Å². The average Bonchev–Trinajstić information content (AvgIpc) is 3.04. The smallest absolute Gasteiger partial charge is 0.269 e. The number of benzene rings is 2. The van der Waals surface area contributed by atoms with Gasteiger partial charge >= 0.3 is 0 Å². The Morgan fingerprint density at radius 2 is 1.84 bits per heavy atom. The van der Waals surface area contributed by atoms with E-state index in [9.17, 15) is 14.9 Å². The van der Waals surface area contributed by atoms with Crippen LogP contribution < -0.4 is 5.32 Å². The zero-order chi connectivity index (χ0) is 17.8. The molecule has 25 heavy (non-hydrogen) atoms. The number of amides is 1. The van der Waals surface area contributed by atoms with E-state index in [2.05, 4.69) is 15.6 Å². The van der Waals surface area contributed by atoms with Crippen LogP contribution in [0.4, 0.5) is 11.4 Å². The normalized spacial score (nSPS) is 10.4. The Balaban J connectivity index is 1.63. The highest BCUT2D eigenvalue weighted by Crippen LogP contribution is 2.19. The van der Waals surface area contributed by atoms with Crippen molar-refractivity contribution < 1.29 is 9.72 Å². The number of hydrogen-bond acceptors (Lipinski definition) is 5. The maximum absolute atomic E-state index is 12.0. The predicted molar refractivity (Wildman–Crippen MR) is 92.2 cm³/mol. The first-order chi connectivity index (χ1) is 12.0. The fourth-order valence-electron chi connectivity index (χ4n) is 2.14. The highest BCUT2D eigenvalue weighted by molar-refractivity contribution is 6.30. The van der Waals surface area contributed by atoms with Crippen LogP contribution in [0, 0.1) is 10.1 Å². The molecular weight excluding hydrogens is 346 g/mol. The van der Waals surface area contributed by atoms with Gasteiger partial charge in [0.2, 0.25) is 5.91 Å². The van der Waals surface area contributed by atoms with E-state index in [0.29, 0.717) is 16.4 Å². The standard InChI is InChI=1S/C16H12ClN5O3/c17-12-3-1-11(2-4-12)15-9-21(20-19-15)10-16(23)18-13-5-7-14(8-6-13)22(24)25/h1-9H,10H2,(H,18,23). The average molecular weight is 358 g/mol. The number of halogens is 1. The van der Waals surface area contributed by atoms with Crippen LogP contribution in [0.2, 0.25) is 5.02 Å². The third-order valence-electron chi connectivity index (χ3n) is 3.35. The molecule has 0 aliphatic rings. The van der Waals surface area contributed by atoms with Crippen molar-refractivity contribution in [3.8, 4) is 11.3 Å². The Kier molecular flexibility index (Phi) is 4.71. The summed E-state index contributed by atoms with van der Waals surface area (Å²) in [7, 11) is 0. The molecule has 126 valence electrons. The number of aromatic nitrogens is 3. The number of non-ortho nitro benzene ring substituents is 1. The Hall–Kier alpha value is -3.26. The van der Waals surface area contributed by atoms with Gasteiger partial charge in [0.1, 0.15) is 12.2 Å². The summed E-state index contributed by atoms with van der Waals surface area (Å²) in [6.07, 6.45) is 1.65. The molecule has 1 heterocycles. The van der Waals surface area contributed by atoms with Crippen LogP contribution in [0.1, 0.15) is 0 Å². The molecule has 1 amide bonds. The lowest BCUT2D eigenvalue weighted by molar-refractivity contribution is -0.384. The molecule has 0 saturated carbocycles. The molecule has 3 aromatic rings. The first kappa shape index (κ1) is 16.6. The van der Waals surface area contributed by atoms with Gasteiger partial charge in [-0.1, -0.05) is 28.9 Å². The first-order valence-corrected chi connectivity index (χ1v) is 7.59. The number of hydrogen-bond donors (Lipinski definition) is 1. The van der Waals surface area contributed by atoms with E-state index in [1.54, 1.807) is 18.3 Å². The van der Waals surface area contributed by atoms with Crippen molar-refractivity contribution in [3.05, 3.63) is 69.9 Å². The van der Waals surface area contributed by atoms with E-state index >= 15 is 0 Å². The topological polar surface area (TPSA) is 103 Å². The summed E-state index contributed by atoms with van der Waals surface area (Å²) in [4.78, 5) is 22.1. The van der Waals surface area contributed by atoms with Crippen LogP contribution >= 0.6 is 11.6 Å². The lowest BCUT2D eigenvalue weighted by Crippen LogP contribution is -2.19. The molecule has 0 fully saturated rings. The molecule has 1 aromatic heterocycles. The molecule has 0 saturated heterocycles. The second kappa shape index (κ2) is 7.10. The summed E-state index contributed by atoms with van der Waals surface area (Å²) in [6, 6.07) is 12.7. The quantitative estimate of drug-likeness (QED) is 0.558. The molecule has 0 aliphatic heterocycles. The Bertz CT molecular complexity index is 906. The van der Waals surface area contributed by atoms with Gasteiger partial charge in [-0.25, -0.2) is 4.68 Å². The van der Waals surface area contributed by atoms with E-state index in [0.717, 1.165) is 5.56 Å². The molecule has 8 nitrogen and oxygen atoms in total. The van der Waals surface area contributed by atoms with Gasteiger partial charge in [0.05, 0.1) is 11.1 Å². The zero-order valence-corrected chi connectivity index (χ0v) is 13.6. The molecule has 0 atom stereocenters. The zero-order valence-electron chi connectivity index (χ0n) is 12.8. The van der Waals surface area contributed by atoms with Gasteiger partial charge < -0.3 is 5.32 Å². The number of carbonyl (C=O) groups is 1. The summed E-state index contributed by atoms with van der Waals surface area (Å²) in [5, 5.41) is 21.8. The van der Waals surface area contributed by atoms with Crippen molar-refractivity contribution in [2.45, 2.75) is 6.54 Å². The van der Waals surface area contributed by atoms with Gasteiger partial charge in [0.15, 0.2) is 0 Å². The van der Waals surface area contributed by atoms with Crippen molar-refractivity contribution in [1.29, 1.82) is 0 Å². The molecule has 0 radical (unpaired) electrons. The van der Waals surface area contributed by atoms with Crippen LogP contribution in [0.3, 0.4) is 0 Å². The summed E-state index contributed by atoms with van der Waals surface area (Å²) in [6.45, 7) is -0.0302. The Morgan fingerprint density at radius 3 is 2.48 bits per heavy atom. The van der Waals surface area contributed by atoms with Gasteiger partial charge in [-0.15, -0.1) is 5.10 Å². The van der Waals surface area contributed by atoms with Gasteiger partial charge in [0.25, 0.3) is 5.69 Å². The fourth-order valence-corrected chi connectivity index (χ4v) is 2.27. The van der Waals surface area contributed by atoms with Crippen LogP contribution in [0.15, 0.2) is 54.7 Å². The molecule has 0 bridgehead atoms. The number of nitro benzene ring substituents is 1. The predicted octanol–water partition coefficient (Wildman–Crippen LogP) is 3.15. The lowest BCUT2D eigenvalue weighted by atomic mass is 10.2. The highest BCUT2D eigenvalue weighted by Gasteiger charge is 2.09. The van der Waals surface area contributed by atoms with Gasteiger partial charge in [0, 0.05) is 28.4 Å². The third kappa shape index (κ3) is 4.18. The van der Waals surface area contributed by atoms with Crippen molar-refractivity contribution in [2.24, 2.45) is 0 Å². The Morgan fingerprint density at radius 1 is 1.16 bits per heavy atom. The largest absolute Gasteiger partial charge is 0.324 e. The molecule has 0 unspecified atom stereocenters. The number of nitrogens with one attached hydrogen (secondary N) is 1. The number of anilines is 1. The monoisotopic (exact) mass is 357 g/mol. The van der Waals surface area contributed by atoms with Crippen molar-refractivity contribution in [2.75, 3.05) is 5.32 Å². The van der Waals surface area contributed by atoms with Gasteiger partial charge in [-0.05, 0) is 24.3 Å². The van der Waals surface area contributed by atoms with Gasteiger partial charge in [-0.3, -0.25) is 14.9 Å². The molecule has 0 spiro atoms. The van der Waals surface area contributed by atoms with Crippen LogP contribution in [0.25, 0.3) is 11.3 Å². The van der Waals surface area contributed by atoms with E-state index in [-0.39, 0.29) is 18.1 Å². The molecule has 1 N–H and O–H groups in total. The molecular formula is C16H12ClN5O3. The van der Waals surface area contributed by atoms with Crippen molar-refractivity contribution in [1.82, 2.24) is 15.0 Å². The minimum absolute atomic E-state index is 0.0302. The van der Waals surface area contributed by atoms with Crippen molar-refractivity contribution >= 4 is 28.9 Å².